The Balaban J connectivity index is 1.86. The lowest BCUT2D eigenvalue weighted by Crippen LogP contribution is -2.25. The Kier molecular flexibility index (Phi) is 4.80. The van der Waals surface area contributed by atoms with E-state index in [0.717, 1.165) is 6.42 Å². The van der Waals surface area contributed by atoms with Crippen molar-refractivity contribution in [3.8, 4) is 16.4 Å². The van der Waals surface area contributed by atoms with Gasteiger partial charge in [-0.1, -0.05) is 20.8 Å². The van der Waals surface area contributed by atoms with Gasteiger partial charge in [0.15, 0.2) is 5.69 Å². The van der Waals surface area contributed by atoms with Crippen LogP contribution in [-0.4, -0.2) is 14.8 Å². The third-order valence-corrected chi connectivity index (χ3v) is 6.22. The summed E-state index contributed by atoms with van der Waals surface area (Å²) < 4.78 is 55.7. The van der Waals surface area contributed by atoms with E-state index in [0.29, 0.717) is 40.5 Å². The van der Waals surface area contributed by atoms with E-state index in [9.17, 15) is 17.6 Å². The van der Waals surface area contributed by atoms with Crippen LogP contribution in [0.25, 0.3) is 16.4 Å². The maximum absolute atomic E-state index is 13.7. The van der Waals surface area contributed by atoms with Gasteiger partial charge in [0.1, 0.15) is 5.82 Å². The second kappa shape index (κ2) is 6.93. The van der Waals surface area contributed by atoms with E-state index >= 15 is 0 Å². The molecule has 3 aromatic rings. The standard InChI is InChI=1S/C21H21F4N3S/c1-20(2,3)15-6-4-5-14-17(15)28(27-18(14)21(23,24)25)19-26-16(11-29-19)12-7-9-13(22)10-8-12/h7-11,15H,4-6H2,1-3H3/t15-/m1/s1. The lowest BCUT2D eigenvalue weighted by atomic mass is 9.71. The summed E-state index contributed by atoms with van der Waals surface area (Å²) in [5.74, 6) is -0.402. The van der Waals surface area contributed by atoms with Crippen molar-refractivity contribution in [3.63, 3.8) is 0 Å². The van der Waals surface area contributed by atoms with Crippen LogP contribution in [0.2, 0.25) is 0 Å². The molecule has 3 nitrogen and oxygen atoms in total. The molecule has 1 aromatic carbocycles. The van der Waals surface area contributed by atoms with Crippen molar-refractivity contribution in [2.24, 2.45) is 5.41 Å². The third-order valence-electron chi connectivity index (χ3n) is 5.40. The van der Waals surface area contributed by atoms with Crippen LogP contribution in [0.4, 0.5) is 17.6 Å². The molecule has 154 valence electrons. The molecule has 0 unspecified atom stereocenters. The van der Waals surface area contributed by atoms with E-state index in [1.807, 2.05) is 20.8 Å². The van der Waals surface area contributed by atoms with E-state index in [1.165, 1.54) is 28.2 Å². The van der Waals surface area contributed by atoms with Gasteiger partial charge >= 0.3 is 6.18 Å². The topological polar surface area (TPSA) is 30.7 Å². The maximum Gasteiger partial charge on any atom is 0.435 e. The molecule has 2 aromatic heterocycles. The minimum atomic E-state index is -4.51. The highest BCUT2D eigenvalue weighted by molar-refractivity contribution is 7.12. The van der Waals surface area contributed by atoms with E-state index in [-0.39, 0.29) is 17.2 Å². The first kappa shape index (κ1) is 20.1. The molecular formula is C21H21F4N3S. The summed E-state index contributed by atoms with van der Waals surface area (Å²) in [6.45, 7) is 6.13. The molecule has 4 rings (SSSR count). The van der Waals surface area contributed by atoms with Gasteiger partial charge in [0.25, 0.3) is 0 Å². The van der Waals surface area contributed by atoms with Crippen LogP contribution in [-0.2, 0) is 12.6 Å². The summed E-state index contributed by atoms with van der Waals surface area (Å²) in [5, 5.41) is 6.16. The van der Waals surface area contributed by atoms with Gasteiger partial charge in [-0.05, 0) is 48.9 Å². The Hall–Kier alpha value is -2.22. The molecule has 0 amide bonds. The Labute approximate surface area is 170 Å². The number of fused-ring (bicyclic) bond motifs is 1. The lowest BCUT2D eigenvalue weighted by molar-refractivity contribution is -0.142. The molecular weight excluding hydrogens is 402 g/mol. The first-order valence-corrected chi connectivity index (χ1v) is 10.3. The highest BCUT2D eigenvalue weighted by atomic mass is 32.1. The van der Waals surface area contributed by atoms with Gasteiger partial charge in [-0.25, -0.2) is 14.1 Å². The van der Waals surface area contributed by atoms with Gasteiger partial charge in [-0.2, -0.15) is 18.3 Å². The average Bonchev–Trinajstić information content (AvgIpc) is 3.25. The Morgan fingerprint density at radius 3 is 2.41 bits per heavy atom. The first-order valence-electron chi connectivity index (χ1n) is 9.46. The van der Waals surface area contributed by atoms with Crippen molar-refractivity contribution in [2.75, 3.05) is 0 Å². The number of hydrogen-bond donors (Lipinski definition) is 0. The second-order valence-electron chi connectivity index (χ2n) is 8.46. The molecule has 2 heterocycles. The Morgan fingerprint density at radius 2 is 1.79 bits per heavy atom. The molecule has 0 aliphatic heterocycles. The van der Waals surface area contributed by atoms with Crippen LogP contribution in [0.5, 0.6) is 0 Å². The molecule has 0 saturated heterocycles. The number of thiazole rings is 1. The molecule has 0 saturated carbocycles. The fourth-order valence-electron chi connectivity index (χ4n) is 4.02. The Morgan fingerprint density at radius 1 is 1.10 bits per heavy atom. The molecule has 0 N–H and O–H groups in total. The van der Waals surface area contributed by atoms with Crippen LogP contribution in [0.3, 0.4) is 0 Å². The van der Waals surface area contributed by atoms with Gasteiger partial charge in [0, 0.05) is 22.4 Å². The normalized spacial score (nSPS) is 17.4. The summed E-state index contributed by atoms with van der Waals surface area (Å²) >= 11 is 1.24. The summed E-state index contributed by atoms with van der Waals surface area (Å²) in [7, 11) is 0. The fourth-order valence-corrected chi connectivity index (χ4v) is 4.81. The number of benzene rings is 1. The summed E-state index contributed by atoms with van der Waals surface area (Å²) in [6, 6.07) is 5.88. The summed E-state index contributed by atoms with van der Waals surface area (Å²) in [5.41, 5.74) is 1.20. The fraction of sp³-hybridized carbons (Fsp3) is 0.429. The van der Waals surface area contributed by atoms with Crippen LogP contribution < -0.4 is 0 Å². The second-order valence-corrected chi connectivity index (χ2v) is 9.29. The van der Waals surface area contributed by atoms with E-state index in [1.54, 1.807) is 17.5 Å². The molecule has 0 fully saturated rings. The van der Waals surface area contributed by atoms with E-state index < -0.39 is 11.9 Å². The average molecular weight is 423 g/mol. The van der Waals surface area contributed by atoms with E-state index in [2.05, 4.69) is 10.1 Å². The predicted molar refractivity (Wildman–Crippen MR) is 105 cm³/mol. The van der Waals surface area contributed by atoms with Gasteiger partial charge in [0.05, 0.1) is 11.4 Å². The zero-order chi connectivity index (χ0) is 21.0. The van der Waals surface area contributed by atoms with Gasteiger partial charge in [-0.3, -0.25) is 0 Å². The van der Waals surface area contributed by atoms with Crippen molar-refractivity contribution < 1.29 is 17.6 Å². The molecule has 1 atom stereocenters. The minimum absolute atomic E-state index is 0.0481. The van der Waals surface area contributed by atoms with Crippen LogP contribution in [0.1, 0.15) is 56.5 Å². The summed E-state index contributed by atoms with van der Waals surface area (Å²) in [4.78, 5) is 4.53. The SMILES string of the molecule is CC(C)(C)[C@@H]1CCCc2c(C(F)(F)F)nn(-c3nc(-c4ccc(F)cc4)cs3)c21. The molecule has 8 heteroatoms. The number of hydrogen-bond acceptors (Lipinski definition) is 3. The highest BCUT2D eigenvalue weighted by Crippen LogP contribution is 2.47. The lowest BCUT2D eigenvalue weighted by Gasteiger charge is -2.34. The molecule has 29 heavy (non-hydrogen) atoms. The quantitative estimate of drug-likeness (QED) is 0.434. The molecule has 0 spiro atoms. The van der Waals surface area contributed by atoms with Crippen LogP contribution >= 0.6 is 11.3 Å². The molecule has 1 aliphatic carbocycles. The largest absolute Gasteiger partial charge is 0.435 e. The van der Waals surface area contributed by atoms with Crippen molar-refractivity contribution >= 4 is 11.3 Å². The monoisotopic (exact) mass is 423 g/mol. The predicted octanol–water partition coefficient (Wildman–Crippen LogP) is 6.62. The van der Waals surface area contributed by atoms with Crippen molar-refractivity contribution in [1.82, 2.24) is 14.8 Å². The minimum Gasteiger partial charge on any atom is -0.218 e. The molecule has 1 aliphatic rings. The van der Waals surface area contributed by atoms with Crippen molar-refractivity contribution in [2.45, 2.75) is 52.1 Å². The number of aromatic nitrogens is 3. The van der Waals surface area contributed by atoms with Gasteiger partial charge < -0.3 is 0 Å². The first-order chi connectivity index (χ1) is 13.6. The van der Waals surface area contributed by atoms with Crippen LogP contribution in [0.15, 0.2) is 29.6 Å². The highest BCUT2D eigenvalue weighted by Gasteiger charge is 2.44. The summed E-state index contributed by atoms with van der Waals surface area (Å²) in [6.07, 6.45) is -2.61. The van der Waals surface area contributed by atoms with Gasteiger partial charge in [-0.15, -0.1) is 11.3 Å². The van der Waals surface area contributed by atoms with Crippen molar-refractivity contribution in [1.29, 1.82) is 0 Å². The number of rotatable bonds is 2. The smallest absolute Gasteiger partial charge is 0.218 e. The van der Waals surface area contributed by atoms with Crippen LogP contribution in [0, 0.1) is 11.2 Å². The molecule has 0 bridgehead atoms. The third kappa shape index (κ3) is 3.70. The Bertz CT molecular complexity index is 1030. The zero-order valence-corrected chi connectivity index (χ0v) is 17.2. The van der Waals surface area contributed by atoms with E-state index in [4.69, 9.17) is 0 Å². The van der Waals surface area contributed by atoms with Gasteiger partial charge in [0.2, 0.25) is 5.13 Å². The number of halogens is 4. The number of alkyl halides is 3. The maximum atomic E-state index is 13.7. The zero-order valence-electron chi connectivity index (χ0n) is 16.3. The van der Waals surface area contributed by atoms with Crippen molar-refractivity contribution in [3.05, 3.63) is 52.4 Å². The number of nitrogens with zero attached hydrogens (tertiary/aromatic N) is 3. The molecule has 0 radical (unpaired) electrons.